The SMILES string of the molecule is OB(O)c1cccc2c1ccc1ccccc12. The molecule has 0 aliphatic heterocycles. The topological polar surface area (TPSA) is 40.5 Å². The van der Waals surface area contributed by atoms with Gasteiger partial charge in [-0.05, 0) is 27.0 Å². The zero-order valence-corrected chi connectivity index (χ0v) is 9.17. The van der Waals surface area contributed by atoms with Crippen molar-refractivity contribution >= 4 is 34.1 Å². The third-order valence-electron chi connectivity index (χ3n) is 3.10. The van der Waals surface area contributed by atoms with E-state index in [-0.39, 0.29) is 0 Å². The summed E-state index contributed by atoms with van der Waals surface area (Å²) in [7, 11) is -1.43. The summed E-state index contributed by atoms with van der Waals surface area (Å²) in [5.41, 5.74) is 0.549. The quantitative estimate of drug-likeness (QED) is 0.485. The van der Waals surface area contributed by atoms with Crippen LogP contribution in [0.2, 0.25) is 0 Å². The molecule has 17 heavy (non-hydrogen) atoms. The highest BCUT2D eigenvalue weighted by atomic mass is 16.4. The van der Waals surface area contributed by atoms with Crippen molar-refractivity contribution in [1.82, 2.24) is 0 Å². The van der Waals surface area contributed by atoms with Gasteiger partial charge in [-0.1, -0.05) is 54.6 Å². The second kappa shape index (κ2) is 3.88. The van der Waals surface area contributed by atoms with E-state index in [0.717, 1.165) is 21.5 Å². The van der Waals surface area contributed by atoms with E-state index < -0.39 is 7.12 Å². The van der Waals surface area contributed by atoms with Crippen LogP contribution < -0.4 is 5.46 Å². The molecule has 0 unspecified atom stereocenters. The normalized spacial score (nSPS) is 10.9. The zero-order valence-electron chi connectivity index (χ0n) is 9.17. The lowest BCUT2D eigenvalue weighted by atomic mass is 9.77. The minimum atomic E-state index is -1.43. The van der Waals surface area contributed by atoms with Crippen LogP contribution in [0.15, 0.2) is 54.6 Å². The van der Waals surface area contributed by atoms with Crippen molar-refractivity contribution in [3.05, 3.63) is 54.6 Å². The first kappa shape index (κ1) is 10.3. The molecule has 0 aliphatic rings. The molecule has 3 rings (SSSR count). The first-order chi connectivity index (χ1) is 8.27. The first-order valence-corrected chi connectivity index (χ1v) is 5.54. The van der Waals surface area contributed by atoms with Gasteiger partial charge < -0.3 is 10.0 Å². The molecule has 0 radical (unpaired) electrons. The van der Waals surface area contributed by atoms with Gasteiger partial charge in [0.2, 0.25) is 0 Å². The lowest BCUT2D eigenvalue weighted by Gasteiger charge is -2.08. The molecular formula is C14H11BO2. The van der Waals surface area contributed by atoms with E-state index >= 15 is 0 Å². The second-order valence-corrected chi connectivity index (χ2v) is 4.10. The summed E-state index contributed by atoms with van der Waals surface area (Å²) in [6.07, 6.45) is 0. The van der Waals surface area contributed by atoms with Crippen LogP contribution in [-0.2, 0) is 0 Å². The molecular weight excluding hydrogens is 211 g/mol. The third kappa shape index (κ3) is 1.60. The molecule has 0 heterocycles. The fraction of sp³-hybridized carbons (Fsp3) is 0. The van der Waals surface area contributed by atoms with Crippen LogP contribution in [0.4, 0.5) is 0 Å². The standard InChI is InChI=1S/C14H11BO2/c16-15(17)14-7-3-6-12-11-5-2-1-4-10(11)8-9-13(12)14/h1-9,16-17H. The predicted octanol–water partition coefficient (Wildman–Crippen LogP) is 1.67. The van der Waals surface area contributed by atoms with Crippen LogP contribution in [0.5, 0.6) is 0 Å². The van der Waals surface area contributed by atoms with Gasteiger partial charge in [0.15, 0.2) is 0 Å². The molecule has 0 bridgehead atoms. The summed E-state index contributed by atoms with van der Waals surface area (Å²) in [6, 6.07) is 17.6. The number of hydrogen-bond donors (Lipinski definition) is 2. The van der Waals surface area contributed by atoms with Gasteiger partial charge in [0, 0.05) is 0 Å². The summed E-state index contributed by atoms with van der Waals surface area (Å²) < 4.78 is 0. The molecule has 3 aromatic rings. The van der Waals surface area contributed by atoms with Crippen LogP contribution >= 0.6 is 0 Å². The Morgan fingerprint density at radius 1 is 0.647 bits per heavy atom. The van der Waals surface area contributed by atoms with Gasteiger partial charge in [-0.3, -0.25) is 0 Å². The van der Waals surface area contributed by atoms with Crippen molar-refractivity contribution in [1.29, 1.82) is 0 Å². The Labute approximate surface area is 99.3 Å². The smallest absolute Gasteiger partial charge is 0.423 e. The van der Waals surface area contributed by atoms with Crippen LogP contribution in [0.25, 0.3) is 21.5 Å². The number of rotatable bonds is 1. The lowest BCUT2D eigenvalue weighted by Crippen LogP contribution is -2.30. The molecule has 3 aromatic carbocycles. The van der Waals surface area contributed by atoms with Gasteiger partial charge in [-0.15, -0.1) is 0 Å². The second-order valence-electron chi connectivity index (χ2n) is 4.10. The van der Waals surface area contributed by atoms with Gasteiger partial charge in [-0.25, -0.2) is 0 Å². The minimum Gasteiger partial charge on any atom is -0.423 e. The van der Waals surface area contributed by atoms with E-state index in [4.69, 9.17) is 0 Å². The molecule has 0 spiro atoms. The molecule has 0 saturated carbocycles. The van der Waals surface area contributed by atoms with E-state index in [1.54, 1.807) is 6.07 Å². The number of benzene rings is 3. The van der Waals surface area contributed by atoms with Gasteiger partial charge in [0.25, 0.3) is 0 Å². The van der Waals surface area contributed by atoms with Gasteiger partial charge >= 0.3 is 7.12 Å². The maximum Gasteiger partial charge on any atom is 0.489 e. The molecule has 3 heteroatoms. The Balaban J connectivity index is 2.48. The summed E-state index contributed by atoms with van der Waals surface area (Å²) >= 11 is 0. The van der Waals surface area contributed by atoms with E-state index in [1.807, 2.05) is 42.5 Å². The third-order valence-corrected chi connectivity index (χ3v) is 3.10. The maximum absolute atomic E-state index is 9.35. The average molecular weight is 222 g/mol. The van der Waals surface area contributed by atoms with Gasteiger partial charge in [-0.2, -0.15) is 0 Å². The highest BCUT2D eigenvalue weighted by Crippen LogP contribution is 2.23. The van der Waals surface area contributed by atoms with Crippen molar-refractivity contribution < 1.29 is 10.0 Å². The van der Waals surface area contributed by atoms with E-state index in [0.29, 0.717) is 5.46 Å². The Hall–Kier alpha value is -1.84. The number of hydrogen-bond acceptors (Lipinski definition) is 2. The Bertz CT molecular complexity index is 692. The molecule has 0 aliphatic carbocycles. The highest BCUT2D eigenvalue weighted by Gasteiger charge is 2.14. The molecule has 0 aromatic heterocycles. The Morgan fingerprint density at radius 2 is 1.41 bits per heavy atom. The fourth-order valence-corrected chi connectivity index (χ4v) is 2.29. The van der Waals surface area contributed by atoms with Crippen molar-refractivity contribution in [2.24, 2.45) is 0 Å². The summed E-state index contributed by atoms with van der Waals surface area (Å²) in [6.45, 7) is 0. The molecule has 82 valence electrons. The largest absolute Gasteiger partial charge is 0.489 e. The average Bonchev–Trinajstić information content (AvgIpc) is 2.37. The maximum atomic E-state index is 9.35. The van der Waals surface area contributed by atoms with E-state index in [9.17, 15) is 10.0 Å². The van der Waals surface area contributed by atoms with Crippen LogP contribution in [-0.4, -0.2) is 17.2 Å². The fourth-order valence-electron chi connectivity index (χ4n) is 2.29. The van der Waals surface area contributed by atoms with Crippen molar-refractivity contribution in [2.45, 2.75) is 0 Å². The molecule has 2 nitrogen and oxygen atoms in total. The molecule has 0 fully saturated rings. The first-order valence-electron chi connectivity index (χ1n) is 5.54. The van der Waals surface area contributed by atoms with Crippen LogP contribution in [0.1, 0.15) is 0 Å². The van der Waals surface area contributed by atoms with Crippen molar-refractivity contribution in [3.8, 4) is 0 Å². The zero-order chi connectivity index (χ0) is 11.8. The van der Waals surface area contributed by atoms with Crippen LogP contribution in [0, 0.1) is 0 Å². The lowest BCUT2D eigenvalue weighted by molar-refractivity contribution is 0.426. The highest BCUT2D eigenvalue weighted by molar-refractivity contribution is 6.62. The molecule has 0 amide bonds. The van der Waals surface area contributed by atoms with Gasteiger partial charge in [0.05, 0.1) is 0 Å². The monoisotopic (exact) mass is 222 g/mol. The van der Waals surface area contributed by atoms with Crippen molar-refractivity contribution in [2.75, 3.05) is 0 Å². The molecule has 2 N–H and O–H groups in total. The Kier molecular flexibility index (Phi) is 2.36. The van der Waals surface area contributed by atoms with E-state index in [1.165, 1.54) is 0 Å². The molecule has 0 atom stereocenters. The number of fused-ring (bicyclic) bond motifs is 3. The summed E-state index contributed by atoms with van der Waals surface area (Å²) in [4.78, 5) is 0. The summed E-state index contributed by atoms with van der Waals surface area (Å²) in [5, 5.41) is 22.9. The van der Waals surface area contributed by atoms with Crippen LogP contribution in [0.3, 0.4) is 0 Å². The predicted molar refractivity (Wildman–Crippen MR) is 71.3 cm³/mol. The minimum absolute atomic E-state index is 0.549. The summed E-state index contributed by atoms with van der Waals surface area (Å²) in [5.74, 6) is 0. The van der Waals surface area contributed by atoms with Crippen molar-refractivity contribution in [3.63, 3.8) is 0 Å². The Morgan fingerprint density at radius 3 is 2.24 bits per heavy atom. The van der Waals surface area contributed by atoms with Gasteiger partial charge in [0.1, 0.15) is 0 Å². The molecule has 0 saturated heterocycles. The van der Waals surface area contributed by atoms with E-state index in [2.05, 4.69) is 6.07 Å².